The zero-order chi connectivity index (χ0) is 25.4. The van der Waals surface area contributed by atoms with Gasteiger partial charge in [-0.1, -0.05) is 59.3 Å². The molecule has 4 aliphatic rings. The third-order valence-electron chi connectivity index (χ3n) is 11.7. The summed E-state index contributed by atoms with van der Waals surface area (Å²) in [5.41, 5.74) is 3.06. The van der Waals surface area contributed by atoms with Crippen molar-refractivity contribution in [1.29, 1.82) is 0 Å². The molecule has 0 amide bonds. The number of carbonyl (C=O) groups is 1. The second kappa shape index (κ2) is 8.28. The molecular formula is C30H48O4. The predicted octanol–water partition coefficient (Wildman–Crippen LogP) is 5.60. The number of Topliss-reactive ketones (excluding diaryl/α,β-unsaturated/α-hetero) is 1. The van der Waals surface area contributed by atoms with E-state index in [4.69, 9.17) is 0 Å². The molecule has 3 unspecified atom stereocenters. The number of allylic oxidation sites excluding steroid dienone is 1. The molecule has 4 nitrogen and oxygen atoms in total. The number of aliphatic hydroxyl groups excluding tert-OH is 3. The van der Waals surface area contributed by atoms with Gasteiger partial charge in [0, 0.05) is 11.8 Å². The Bertz CT molecular complexity index is 901. The van der Waals surface area contributed by atoms with Gasteiger partial charge < -0.3 is 15.3 Å². The molecule has 4 rings (SSSR count). The van der Waals surface area contributed by atoms with E-state index in [1.165, 1.54) is 11.1 Å². The van der Waals surface area contributed by atoms with Crippen molar-refractivity contribution in [3.05, 3.63) is 23.3 Å². The highest BCUT2D eigenvalue weighted by Crippen LogP contribution is 2.74. The summed E-state index contributed by atoms with van der Waals surface area (Å²) in [7, 11) is 0. The van der Waals surface area contributed by atoms with Crippen LogP contribution in [0.5, 0.6) is 0 Å². The number of hydrogen-bond acceptors (Lipinski definition) is 4. The minimum atomic E-state index is -0.896. The molecule has 192 valence electrons. The van der Waals surface area contributed by atoms with E-state index in [9.17, 15) is 20.1 Å². The van der Waals surface area contributed by atoms with Crippen LogP contribution in [-0.2, 0) is 4.79 Å². The van der Waals surface area contributed by atoms with Crippen molar-refractivity contribution < 1.29 is 20.1 Å². The Labute approximate surface area is 206 Å². The second-order valence-electron chi connectivity index (χ2n) is 13.7. The molecule has 0 bridgehead atoms. The summed E-state index contributed by atoms with van der Waals surface area (Å²) in [4.78, 5) is 12.9. The van der Waals surface area contributed by atoms with Gasteiger partial charge in [-0.25, -0.2) is 0 Å². The predicted molar refractivity (Wildman–Crippen MR) is 136 cm³/mol. The minimum Gasteiger partial charge on any atom is -0.392 e. The molecule has 0 radical (unpaired) electrons. The van der Waals surface area contributed by atoms with Crippen LogP contribution in [0.15, 0.2) is 23.3 Å². The van der Waals surface area contributed by atoms with Gasteiger partial charge in [-0.3, -0.25) is 4.79 Å². The molecule has 9 atom stereocenters. The number of rotatable bonds is 5. The van der Waals surface area contributed by atoms with E-state index < -0.39 is 18.3 Å². The molecule has 4 heteroatoms. The fourth-order valence-electron chi connectivity index (χ4n) is 9.63. The fraction of sp³-hybridized carbons (Fsp3) is 0.833. The molecule has 0 heterocycles. The van der Waals surface area contributed by atoms with E-state index in [0.717, 1.165) is 32.1 Å². The lowest BCUT2D eigenvalue weighted by Crippen LogP contribution is -2.65. The second-order valence-corrected chi connectivity index (χ2v) is 13.7. The van der Waals surface area contributed by atoms with Crippen molar-refractivity contribution in [3.63, 3.8) is 0 Å². The summed E-state index contributed by atoms with van der Waals surface area (Å²) >= 11 is 0. The number of fused-ring (bicyclic) bond motifs is 5. The summed E-state index contributed by atoms with van der Waals surface area (Å²) in [6.07, 6.45) is 4.79. The molecule has 0 spiro atoms. The maximum atomic E-state index is 12.9. The average Bonchev–Trinajstić information content (AvgIpc) is 3.08. The molecule has 34 heavy (non-hydrogen) atoms. The van der Waals surface area contributed by atoms with Crippen LogP contribution in [-0.4, -0.2) is 39.4 Å². The summed E-state index contributed by atoms with van der Waals surface area (Å²) < 4.78 is 0. The van der Waals surface area contributed by atoms with E-state index in [-0.39, 0.29) is 33.5 Å². The number of ketones is 1. The molecule has 0 aromatic rings. The molecule has 0 aliphatic heterocycles. The molecule has 0 saturated heterocycles. The average molecular weight is 473 g/mol. The van der Waals surface area contributed by atoms with Crippen LogP contribution in [0.1, 0.15) is 99.8 Å². The van der Waals surface area contributed by atoms with E-state index >= 15 is 0 Å². The first-order valence-corrected chi connectivity index (χ1v) is 13.6. The zero-order valence-electron chi connectivity index (χ0n) is 22.6. The van der Waals surface area contributed by atoms with Crippen molar-refractivity contribution >= 4 is 5.78 Å². The van der Waals surface area contributed by atoms with Crippen molar-refractivity contribution in [3.8, 4) is 0 Å². The van der Waals surface area contributed by atoms with E-state index in [1.54, 1.807) is 6.92 Å². The molecular weight excluding hydrogens is 424 g/mol. The Morgan fingerprint density at radius 3 is 2.35 bits per heavy atom. The Morgan fingerprint density at radius 2 is 1.74 bits per heavy atom. The van der Waals surface area contributed by atoms with E-state index in [0.29, 0.717) is 36.5 Å². The highest BCUT2D eigenvalue weighted by Gasteiger charge is 2.69. The van der Waals surface area contributed by atoms with Crippen LogP contribution >= 0.6 is 0 Å². The van der Waals surface area contributed by atoms with Gasteiger partial charge in [0.1, 0.15) is 11.9 Å². The lowest BCUT2D eigenvalue weighted by molar-refractivity contribution is -0.208. The monoisotopic (exact) mass is 472 g/mol. The van der Waals surface area contributed by atoms with Crippen molar-refractivity contribution in [2.24, 2.45) is 39.4 Å². The molecule has 4 aliphatic carbocycles. The molecule has 3 fully saturated rings. The molecule has 0 aromatic carbocycles. The zero-order valence-corrected chi connectivity index (χ0v) is 22.6. The molecule has 3 saturated carbocycles. The maximum absolute atomic E-state index is 12.9. The summed E-state index contributed by atoms with van der Waals surface area (Å²) in [6.45, 7) is 19.2. The van der Waals surface area contributed by atoms with Crippen LogP contribution in [0.3, 0.4) is 0 Å². The van der Waals surface area contributed by atoms with Crippen LogP contribution in [0.25, 0.3) is 0 Å². The van der Waals surface area contributed by atoms with Crippen LogP contribution in [0.2, 0.25) is 0 Å². The number of aliphatic hydroxyl groups is 3. The van der Waals surface area contributed by atoms with Gasteiger partial charge in [0.25, 0.3) is 0 Å². The first kappa shape index (κ1) is 26.1. The standard InChI is InChI=1S/C30H48O4/c1-17(2)25(34)21(31)15-18(3)19-9-13-29(7)20(19)16-22(32)26-28(6)12-11-24(33)27(4,5)23(28)10-14-30(26,29)8/h18,21-23,25-26,31-32,34H,1,9-16H2,2-8H3/t18-,21+,22?,23?,25+,26?,28+,29+,30+/m1/s1. The lowest BCUT2D eigenvalue weighted by Gasteiger charge is -2.69. The van der Waals surface area contributed by atoms with Gasteiger partial charge in [-0.2, -0.15) is 0 Å². The third-order valence-corrected chi connectivity index (χ3v) is 11.7. The Morgan fingerprint density at radius 1 is 1.09 bits per heavy atom. The topological polar surface area (TPSA) is 77.8 Å². The summed E-state index contributed by atoms with van der Waals surface area (Å²) in [6, 6.07) is 0. The van der Waals surface area contributed by atoms with Crippen molar-refractivity contribution in [2.75, 3.05) is 0 Å². The maximum Gasteiger partial charge on any atom is 0.138 e. The third kappa shape index (κ3) is 3.45. The summed E-state index contributed by atoms with van der Waals surface area (Å²) in [5.74, 6) is 1.06. The molecule has 3 N–H and O–H groups in total. The smallest absolute Gasteiger partial charge is 0.138 e. The first-order valence-electron chi connectivity index (χ1n) is 13.6. The normalized spacial score (nSPS) is 44.1. The first-order chi connectivity index (χ1) is 15.6. The Hall–Kier alpha value is -0.970. The van der Waals surface area contributed by atoms with Crippen LogP contribution in [0, 0.1) is 39.4 Å². The Balaban J connectivity index is 1.69. The van der Waals surface area contributed by atoms with Crippen LogP contribution < -0.4 is 0 Å². The largest absolute Gasteiger partial charge is 0.392 e. The SMILES string of the molecule is C=C(C)[C@H](O)[C@@H](O)C[C@@H](C)C1=C2CC(O)C3[C@@]4(C)CCC(=O)C(C)(C)C4CC[C@]3(C)[C@@]2(C)CC1. The van der Waals surface area contributed by atoms with Crippen molar-refractivity contribution in [1.82, 2.24) is 0 Å². The van der Waals surface area contributed by atoms with Gasteiger partial charge in [0.15, 0.2) is 0 Å². The quantitative estimate of drug-likeness (QED) is 0.455. The fourth-order valence-corrected chi connectivity index (χ4v) is 9.63. The number of carbonyl (C=O) groups excluding carboxylic acids is 1. The lowest BCUT2D eigenvalue weighted by atomic mass is 9.36. The van der Waals surface area contributed by atoms with Gasteiger partial charge in [-0.05, 0) is 91.4 Å². The van der Waals surface area contributed by atoms with E-state index in [2.05, 4.69) is 48.1 Å². The van der Waals surface area contributed by atoms with Gasteiger partial charge >= 0.3 is 0 Å². The Kier molecular flexibility index (Phi) is 6.36. The highest BCUT2D eigenvalue weighted by atomic mass is 16.3. The minimum absolute atomic E-state index is 0.0149. The van der Waals surface area contributed by atoms with Crippen molar-refractivity contribution in [2.45, 2.75) is 118 Å². The highest BCUT2D eigenvalue weighted by molar-refractivity contribution is 5.85. The number of hydrogen-bond donors (Lipinski definition) is 3. The van der Waals surface area contributed by atoms with Crippen LogP contribution in [0.4, 0.5) is 0 Å². The van der Waals surface area contributed by atoms with Gasteiger partial charge in [0.2, 0.25) is 0 Å². The molecule has 0 aromatic heterocycles. The van der Waals surface area contributed by atoms with E-state index in [1.807, 2.05) is 0 Å². The van der Waals surface area contributed by atoms with Gasteiger partial charge in [0.05, 0.1) is 12.2 Å². The summed E-state index contributed by atoms with van der Waals surface area (Å²) in [5, 5.41) is 32.7. The van der Waals surface area contributed by atoms with Gasteiger partial charge in [-0.15, -0.1) is 0 Å².